The normalized spacial score (nSPS) is 11.1. The van der Waals surface area contributed by atoms with Gasteiger partial charge in [-0.2, -0.15) is 13.2 Å². The van der Waals surface area contributed by atoms with E-state index in [1.807, 2.05) is 0 Å². The van der Waals surface area contributed by atoms with E-state index in [9.17, 15) is 22.8 Å². The molecule has 0 aromatic heterocycles. The lowest BCUT2D eigenvalue weighted by Gasteiger charge is -2.07. The molecule has 0 aliphatic carbocycles. The van der Waals surface area contributed by atoms with Crippen molar-refractivity contribution in [1.82, 2.24) is 5.32 Å². The Morgan fingerprint density at radius 2 is 1.72 bits per heavy atom. The monoisotopic (exact) mass is 259 g/mol. The van der Waals surface area contributed by atoms with Crippen LogP contribution in [-0.2, 0) is 4.79 Å². The van der Waals surface area contributed by atoms with Crippen molar-refractivity contribution in [3.8, 4) is 0 Å². The van der Waals surface area contributed by atoms with E-state index in [4.69, 9.17) is 0 Å². The topological polar surface area (TPSA) is 46.2 Å². The Kier molecular flexibility index (Phi) is 4.88. The van der Waals surface area contributed by atoms with Gasteiger partial charge in [-0.15, -0.1) is 0 Å². The van der Waals surface area contributed by atoms with Gasteiger partial charge in [-0.05, 0) is 6.42 Å². The highest BCUT2D eigenvalue weighted by atomic mass is 19.4. The molecule has 0 spiro atoms. The van der Waals surface area contributed by atoms with E-state index in [0.717, 1.165) is 0 Å². The zero-order valence-corrected chi connectivity index (χ0v) is 9.46. The molecule has 18 heavy (non-hydrogen) atoms. The number of Topliss-reactive ketones (excluding diaryl/α,β-unsaturated/α-hetero) is 1. The summed E-state index contributed by atoms with van der Waals surface area (Å²) >= 11 is 0. The van der Waals surface area contributed by atoms with Crippen molar-refractivity contribution in [3.63, 3.8) is 0 Å². The molecule has 0 saturated carbocycles. The van der Waals surface area contributed by atoms with Crippen LogP contribution in [0.25, 0.3) is 0 Å². The molecule has 1 aromatic carbocycles. The van der Waals surface area contributed by atoms with Crippen LogP contribution < -0.4 is 5.32 Å². The van der Waals surface area contributed by atoms with Crippen LogP contribution in [0.3, 0.4) is 0 Å². The van der Waals surface area contributed by atoms with Crippen LogP contribution >= 0.6 is 0 Å². The lowest BCUT2D eigenvalue weighted by atomic mass is 10.1. The van der Waals surface area contributed by atoms with Crippen molar-refractivity contribution in [2.45, 2.75) is 19.0 Å². The Hall–Kier alpha value is -1.85. The second kappa shape index (κ2) is 6.18. The van der Waals surface area contributed by atoms with Crippen molar-refractivity contribution >= 4 is 11.7 Å². The number of alkyl halides is 3. The first kappa shape index (κ1) is 14.2. The molecule has 1 amide bonds. The molecule has 0 bridgehead atoms. The van der Waals surface area contributed by atoms with Gasteiger partial charge in [-0.25, -0.2) is 0 Å². The maximum Gasteiger partial charge on any atom is 0.471 e. The van der Waals surface area contributed by atoms with Gasteiger partial charge in [0.05, 0.1) is 0 Å². The van der Waals surface area contributed by atoms with E-state index in [-0.39, 0.29) is 25.2 Å². The number of hydrogen-bond acceptors (Lipinski definition) is 2. The van der Waals surface area contributed by atoms with Gasteiger partial charge in [-0.3, -0.25) is 9.59 Å². The highest BCUT2D eigenvalue weighted by molar-refractivity contribution is 5.96. The first-order valence-corrected chi connectivity index (χ1v) is 5.34. The number of carbonyl (C=O) groups excluding carboxylic acids is 2. The SMILES string of the molecule is O=C(CCCNC(=O)C(F)(F)F)c1ccccc1. The molecule has 1 N–H and O–H groups in total. The summed E-state index contributed by atoms with van der Waals surface area (Å²) in [6.45, 7) is -0.170. The van der Waals surface area contributed by atoms with Crippen molar-refractivity contribution in [2.24, 2.45) is 0 Å². The number of amides is 1. The van der Waals surface area contributed by atoms with Crippen LogP contribution in [0.4, 0.5) is 13.2 Å². The molecule has 0 fully saturated rings. The Morgan fingerprint density at radius 3 is 2.28 bits per heavy atom. The summed E-state index contributed by atoms with van der Waals surface area (Å²) in [5.74, 6) is -2.13. The fraction of sp³-hybridized carbons (Fsp3) is 0.333. The smallest absolute Gasteiger partial charge is 0.348 e. The van der Waals surface area contributed by atoms with Crippen LogP contribution in [0.5, 0.6) is 0 Å². The van der Waals surface area contributed by atoms with E-state index in [1.165, 1.54) is 0 Å². The molecular weight excluding hydrogens is 247 g/mol. The van der Waals surface area contributed by atoms with Gasteiger partial charge in [0.1, 0.15) is 0 Å². The molecule has 0 unspecified atom stereocenters. The second-order valence-corrected chi connectivity index (χ2v) is 3.65. The van der Waals surface area contributed by atoms with Gasteiger partial charge in [0.2, 0.25) is 0 Å². The molecule has 3 nitrogen and oxygen atoms in total. The van der Waals surface area contributed by atoms with Gasteiger partial charge < -0.3 is 5.32 Å². The third kappa shape index (κ3) is 4.57. The summed E-state index contributed by atoms with van der Waals surface area (Å²) in [6, 6.07) is 8.45. The first-order valence-electron chi connectivity index (χ1n) is 5.34. The van der Waals surface area contributed by atoms with E-state index in [1.54, 1.807) is 35.6 Å². The van der Waals surface area contributed by atoms with Gasteiger partial charge >= 0.3 is 12.1 Å². The molecule has 0 aliphatic heterocycles. The zero-order chi connectivity index (χ0) is 13.6. The molecule has 0 heterocycles. The van der Waals surface area contributed by atoms with Crippen molar-refractivity contribution < 1.29 is 22.8 Å². The van der Waals surface area contributed by atoms with Gasteiger partial charge in [-0.1, -0.05) is 30.3 Å². The fourth-order valence-corrected chi connectivity index (χ4v) is 1.32. The number of ketones is 1. The Labute approximate surface area is 102 Å². The van der Waals surface area contributed by atoms with Crippen LogP contribution in [0.1, 0.15) is 23.2 Å². The quantitative estimate of drug-likeness (QED) is 0.651. The predicted molar refractivity (Wildman–Crippen MR) is 59.1 cm³/mol. The second-order valence-electron chi connectivity index (χ2n) is 3.65. The maximum atomic E-state index is 11.8. The summed E-state index contributed by atoms with van der Waals surface area (Å²) in [5.41, 5.74) is 0.514. The molecule has 6 heteroatoms. The number of rotatable bonds is 5. The number of benzene rings is 1. The van der Waals surface area contributed by atoms with E-state index < -0.39 is 12.1 Å². The Balaban J connectivity index is 2.27. The average Bonchev–Trinajstić information content (AvgIpc) is 2.34. The minimum Gasteiger partial charge on any atom is -0.348 e. The number of halogens is 3. The summed E-state index contributed by atoms with van der Waals surface area (Å²) in [4.78, 5) is 22.0. The first-order chi connectivity index (χ1) is 8.41. The highest BCUT2D eigenvalue weighted by Gasteiger charge is 2.38. The van der Waals surface area contributed by atoms with E-state index >= 15 is 0 Å². The number of hydrogen-bond donors (Lipinski definition) is 1. The standard InChI is InChI=1S/C12H12F3NO2/c13-12(14,15)11(18)16-8-4-7-10(17)9-5-2-1-3-6-9/h1-3,5-6H,4,7-8H2,(H,16,18). The summed E-state index contributed by atoms with van der Waals surface area (Å²) in [5, 5.41) is 1.71. The largest absolute Gasteiger partial charge is 0.471 e. The van der Waals surface area contributed by atoms with Crippen LogP contribution in [0.15, 0.2) is 30.3 Å². The summed E-state index contributed by atoms with van der Waals surface area (Å²) in [7, 11) is 0. The van der Waals surface area contributed by atoms with Gasteiger partial charge in [0, 0.05) is 18.5 Å². The number of carbonyl (C=O) groups is 2. The van der Waals surface area contributed by atoms with Crippen LogP contribution in [0.2, 0.25) is 0 Å². The molecule has 0 aliphatic rings. The van der Waals surface area contributed by atoms with E-state index in [2.05, 4.69) is 0 Å². The molecule has 98 valence electrons. The molecule has 0 saturated heterocycles. The Bertz CT molecular complexity index is 415. The van der Waals surface area contributed by atoms with Crippen molar-refractivity contribution in [2.75, 3.05) is 6.54 Å². The van der Waals surface area contributed by atoms with Gasteiger partial charge in [0.25, 0.3) is 0 Å². The third-order valence-corrected chi connectivity index (χ3v) is 2.22. The summed E-state index contributed by atoms with van der Waals surface area (Å²) < 4.78 is 35.5. The third-order valence-electron chi connectivity index (χ3n) is 2.22. The summed E-state index contributed by atoms with van der Waals surface area (Å²) in [6.07, 6.45) is -4.60. The van der Waals surface area contributed by atoms with Crippen LogP contribution in [-0.4, -0.2) is 24.4 Å². The van der Waals surface area contributed by atoms with Crippen molar-refractivity contribution in [3.05, 3.63) is 35.9 Å². The average molecular weight is 259 g/mol. The minimum atomic E-state index is -4.87. The molecule has 1 aromatic rings. The predicted octanol–water partition coefficient (Wildman–Crippen LogP) is 2.33. The maximum absolute atomic E-state index is 11.8. The highest BCUT2D eigenvalue weighted by Crippen LogP contribution is 2.14. The van der Waals surface area contributed by atoms with E-state index in [0.29, 0.717) is 5.56 Å². The lowest BCUT2D eigenvalue weighted by molar-refractivity contribution is -0.173. The molecule has 0 radical (unpaired) electrons. The lowest BCUT2D eigenvalue weighted by Crippen LogP contribution is -2.37. The Morgan fingerprint density at radius 1 is 1.11 bits per heavy atom. The van der Waals surface area contributed by atoms with Gasteiger partial charge in [0.15, 0.2) is 5.78 Å². The minimum absolute atomic E-state index is 0.0994. The number of nitrogens with one attached hydrogen (secondary N) is 1. The molecule has 0 atom stereocenters. The fourth-order valence-electron chi connectivity index (χ4n) is 1.32. The zero-order valence-electron chi connectivity index (χ0n) is 9.46. The van der Waals surface area contributed by atoms with Crippen LogP contribution in [0, 0.1) is 0 Å². The molecular formula is C12H12F3NO2. The van der Waals surface area contributed by atoms with Crippen molar-refractivity contribution in [1.29, 1.82) is 0 Å². The molecule has 1 rings (SSSR count).